The molecule has 0 unspecified atom stereocenters. The van der Waals surface area contributed by atoms with Crippen LogP contribution >= 0.6 is 0 Å². The molecule has 0 atom stereocenters. The fraction of sp³-hybridized carbons (Fsp3) is 0.188. The second-order valence-corrected chi connectivity index (χ2v) is 3.44. The summed E-state index contributed by atoms with van der Waals surface area (Å²) in [5, 5.41) is 2.82. The van der Waals surface area contributed by atoms with Gasteiger partial charge in [-0.1, -0.05) is 43.0 Å². The highest BCUT2D eigenvalue weighted by Crippen LogP contribution is 2.01. The van der Waals surface area contributed by atoms with Crippen LogP contribution < -0.4 is 5.32 Å². The summed E-state index contributed by atoms with van der Waals surface area (Å²) in [6.07, 6.45) is 16.2. The molecule has 0 saturated carbocycles. The Bertz CT molecular complexity index is 420. The van der Waals surface area contributed by atoms with Crippen molar-refractivity contribution in [3.05, 3.63) is 72.5 Å². The first-order chi connectivity index (χ1) is 8.69. The highest BCUT2D eigenvalue weighted by molar-refractivity contribution is 5.97. The van der Waals surface area contributed by atoms with E-state index in [1.54, 1.807) is 24.3 Å². The maximum absolute atomic E-state index is 12.0. The molecule has 2 nitrogen and oxygen atoms in total. The maximum atomic E-state index is 12.0. The van der Waals surface area contributed by atoms with E-state index in [0.717, 1.165) is 5.70 Å². The third-order valence-corrected chi connectivity index (χ3v) is 2.05. The Morgan fingerprint density at radius 1 is 1.06 bits per heavy atom. The molecular weight excluding hydrogens is 222 g/mol. The second-order valence-electron chi connectivity index (χ2n) is 3.44. The SMILES string of the molecule is C=C/C=C(\C=C/C)NC(=O)C(/C=C\C=C/C)=C/C. The molecule has 0 heterocycles. The van der Waals surface area contributed by atoms with Crippen LogP contribution in [0.1, 0.15) is 20.8 Å². The lowest BCUT2D eigenvalue weighted by Crippen LogP contribution is -2.22. The van der Waals surface area contributed by atoms with Gasteiger partial charge < -0.3 is 5.32 Å². The lowest BCUT2D eigenvalue weighted by Gasteiger charge is -2.05. The molecule has 1 N–H and O–H groups in total. The van der Waals surface area contributed by atoms with Gasteiger partial charge in [-0.2, -0.15) is 0 Å². The standard InChI is InChI=1S/C16H21NO/c1-5-9-10-13-14(8-4)16(18)17-15(11-6-2)12-7-3/h5-13H,2H2,1,3-4H3,(H,17,18)/b9-5-,12-7-,13-10-,14-8+,15-11+. The molecule has 2 heteroatoms. The van der Waals surface area contributed by atoms with E-state index in [1.165, 1.54) is 0 Å². The predicted molar refractivity (Wildman–Crippen MR) is 78.9 cm³/mol. The highest BCUT2D eigenvalue weighted by atomic mass is 16.1. The molecule has 0 spiro atoms. The first kappa shape index (κ1) is 15.9. The summed E-state index contributed by atoms with van der Waals surface area (Å²) < 4.78 is 0. The van der Waals surface area contributed by atoms with Gasteiger partial charge >= 0.3 is 0 Å². The van der Waals surface area contributed by atoms with Crippen LogP contribution in [0.5, 0.6) is 0 Å². The van der Waals surface area contributed by atoms with Crippen molar-refractivity contribution in [2.75, 3.05) is 0 Å². The largest absolute Gasteiger partial charge is 0.322 e. The van der Waals surface area contributed by atoms with Gasteiger partial charge in [0.15, 0.2) is 0 Å². The smallest absolute Gasteiger partial charge is 0.255 e. The zero-order chi connectivity index (χ0) is 13.8. The average Bonchev–Trinajstić information content (AvgIpc) is 2.35. The van der Waals surface area contributed by atoms with Crippen molar-refractivity contribution in [1.29, 1.82) is 0 Å². The van der Waals surface area contributed by atoms with Gasteiger partial charge in [-0.05, 0) is 39.0 Å². The Morgan fingerprint density at radius 2 is 1.78 bits per heavy atom. The molecule has 0 aromatic rings. The summed E-state index contributed by atoms with van der Waals surface area (Å²) in [6.45, 7) is 9.27. The van der Waals surface area contributed by atoms with E-state index in [4.69, 9.17) is 0 Å². The minimum atomic E-state index is -0.135. The van der Waals surface area contributed by atoms with Crippen molar-refractivity contribution in [1.82, 2.24) is 5.32 Å². The Labute approximate surface area is 110 Å². The third-order valence-electron chi connectivity index (χ3n) is 2.05. The molecule has 96 valence electrons. The molecule has 0 aromatic heterocycles. The van der Waals surface area contributed by atoms with Crippen LogP contribution in [0.2, 0.25) is 0 Å². The molecule has 0 rings (SSSR count). The van der Waals surface area contributed by atoms with E-state index >= 15 is 0 Å². The Kier molecular flexibility index (Phi) is 8.92. The van der Waals surface area contributed by atoms with Crippen LogP contribution in [0.25, 0.3) is 0 Å². The van der Waals surface area contributed by atoms with E-state index in [2.05, 4.69) is 11.9 Å². The van der Waals surface area contributed by atoms with E-state index in [-0.39, 0.29) is 5.91 Å². The zero-order valence-electron chi connectivity index (χ0n) is 11.3. The van der Waals surface area contributed by atoms with Gasteiger partial charge in [0.1, 0.15) is 0 Å². The lowest BCUT2D eigenvalue weighted by molar-refractivity contribution is -0.116. The normalized spacial score (nSPS) is 13.7. The van der Waals surface area contributed by atoms with Crippen molar-refractivity contribution in [3.63, 3.8) is 0 Å². The van der Waals surface area contributed by atoms with E-state index < -0.39 is 0 Å². The molecule has 0 aliphatic heterocycles. The van der Waals surface area contributed by atoms with Gasteiger partial charge in [0.05, 0.1) is 0 Å². The maximum Gasteiger partial charge on any atom is 0.255 e. The Morgan fingerprint density at radius 3 is 2.28 bits per heavy atom. The summed E-state index contributed by atoms with van der Waals surface area (Å²) >= 11 is 0. The van der Waals surface area contributed by atoms with Crippen LogP contribution in [0, 0.1) is 0 Å². The summed E-state index contributed by atoms with van der Waals surface area (Å²) in [6, 6.07) is 0. The zero-order valence-corrected chi connectivity index (χ0v) is 11.3. The fourth-order valence-corrected chi connectivity index (χ4v) is 1.22. The van der Waals surface area contributed by atoms with Crippen molar-refractivity contribution in [2.45, 2.75) is 20.8 Å². The summed E-state index contributed by atoms with van der Waals surface area (Å²) in [5.41, 5.74) is 1.34. The van der Waals surface area contributed by atoms with Gasteiger partial charge in [0, 0.05) is 11.3 Å². The van der Waals surface area contributed by atoms with E-state index in [0.29, 0.717) is 5.57 Å². The van der Waals surface area contributed by atoms with Crippen LogP contribution in [-0.4, -0.2) is 5.91 Å². The van der Waals surface area contributed by atoms with Crippen LogP contribution in [0.15, 0.2) is 72.5 Å². The number of nitrogens with one attached hydrogen (secondary N) is 1. The summed E-state index contributed by atoms with van der Waals surface area (Å²) in [5.74, 6) is -0.135. The monoisotopic (exact) mass is 243 g/mol. The fourth-order valence-electron chi connectivity index (χ4n) is 1.22. The first-order valence-corrected chi connectivity index (χ1v) is 5.92. The lowest BCUT2D eigenvalue weighted by atomic mass is 10.2. The average molecular weight is 243 g/mol. The minimum absolute atomic E-state index is 0.135. The molecule has 0 aliphatic carbocycles. The molecule has 1 amide bonds. The molecule has 0 radical (unpaired) electrons. The van der Waals surface area contributed by atoms with Crippen LogP contribution in [0.4, 0.5) is 0 Å². The number of allylic oxidation sites excluding steroid dienone is 8. The van der Waals surface area contributed by atoms with Crippen molar-refractivity contribution >= 4 is 5.91 Å². The number of carbonyl (C=O) groups is 1. The number of hydrogen-bond donors (Lipinski definition) is 1. The highest BCUT2D eigenvalue weighted by Gasteiger charge is 2.05. The van der Waals surface area contributed by atoms with Crippen LogP contribution in [-0.2, 0) is 4.79 Å². The molecule has 18 heavy (non-hydrogen) atoms. The van der Waals surface area contributed by atoms with Crippen molar-refractivity contribution < 1.29 is 4.79 Å². The minimum Gasteiger partial charge on any atom is -0.322 e. The summed E-state index contributed by atoms with van der Waals surface area (Å²) in [4.78, 5) is 12.0. The van der Waals surface area contributed by atoms with E-state index in [1.807, 2.05) is 51.2 Å². The van der Waals surface area contributed by atoms with Crippen molar-refractivity contribution in [3.8, 4) is 0 Å². The molecule has 0 bridgehead atoms. The molecule has 0 saturated heterocycles. The van der Waals surface area contributed by atoms with Crippen molar-refractivity contribution in [2.24, 2.45) is 0 Å². The van der Waals surface area contributed by atoms with Gasteiger partial charge in [0.25, 0.3) is 5.91 Å². The molecule has 0 aliphatic rings. The number of rotatable bonds is 6. The topological polar surface area (TPSA) is 29.1 Å². The Balaban J connectivity index is 4.82. The van der Waals surface area contributed by atoms with Gasteiger partial charge in [0.2, 0.25) is 0 Å². The number of carbonyl (C=O) groups excluding carboxylic acids is 1. The number of hydrogen-bond acceptors (Lipinski definition) is 1. The first-order valence-electron chi connectivity index (χ1n) is 5.92. The Hall–Kier alpha value is -2.09. The van der Waals surface area contributed by atoms with Gasteiger partial charge in [-0.3, -0.25) is 4.79 Å². The quantitative estimate of drug-likeness (QED) is 0.557. The summed E-state index contributed by atoms with van der Waals surface area (Å²) in [7, 11) is 0. The third kappa shape index (κ3) is 6.48. The number of amides is 1. The predicted octanol–water partition coefficient (Wildman–Crippen LogP) is 3.83. The van der Waals surface area contributed by atoms with Crippen LogP contribution in [0.3, 0.4) is 0 Å². The van der Waals surface area contributed by atoms with E-state index in [9.17, 15) is 4.79 Å². The molecular formula is C16H21NO. The van der Waals surface area contributed by atoms with Gasteiger partial charge in [-0.25, -0.2) is 0 Å². The van der Waals surface area contributed by atoms with Gasteiger partial charge in [-0.15, -0.1) is 0 Å². The molecule has 0 fully saturated rings. The molecule has 0 aromatic carbocycles. The second kappa shape index (κ2) is 10.1.